The van der Waals surface area contributed by atoms with E-state index in [-0.39, 0.29) is 0 Å². The van der Waals surface area contributed by atoms with Crippen LogP contribution in [0.15, 0.2) is 34.8 Å². The molecule has 0 aliphatic heterocycles. The molecule has 0 aliphatic rings. The summed E-state index contributed by atoms with van der Waals surface area (Å²) in [5.41, 5.74) is 1.13. The molecule has 100 valence electrons. The van der Waals surface area contributed by atoms with Crippen LogP contribution in [0, 0.1) is 0 Å². The molecule has 0 spiro atoms. The molecule has 0 fully saturated rings. The van der Waals surface area contributed by atoms with Gasteiger partial charge in [-0.25, -0.2) is 0 Å². The second-order valence-electron chi connectivity index (χ2n) is 3.69. The zero-order valence-corrected chi connectivity index (χ0v) is 14.8. The van der Waals surface area contributed by atoms with Crippen LogP contribution in [0.25, 0.3) is 0 Å². The lowest BCUT2D eigenvalue weighted by Gasteiger charge is -2.10. The van der Waals surface area contributed by atoms with Crippen LogP contribution in [0.5, 0.6) is 11.5 Å². The Hall–Kier alpha value is 0.0700. The Balaban J connectivity index is 2.31. The zero-order chi connectivity index (χ0) is 14.0. The normalized spacial score (nSPS) is 10.6. The Morgan fingerprint density at radius 1 is 0.947 bits per heavy atom. The fraction of sp³-hybridized carbons (Fsp3) is 0.0769. The van der Waals surface area contributed by atoms with Crippen LogP contribution >= 0.6 is 66.7 Å². The summed E-state index contributed by atoms with van der Waals surface area (Å²) in [6.45, 7) is 0. The number of benzene rings is 2. The average molecular weight is 445 g/mol. The molecule has 2 rings (SSSR count). The predicted octanol–water partition coefficient (Wildman–Crippen LogP) is 7.10. The molecule has 2 aromatic rings. The third-order valence-electron chi connectivity index (χ3n) is 2.37. The number of halogens is 5. The van der Waals surface area contributed by atoms with Crippen LogP contribution in [0.3, 0.4) is 0 Å². The first-order valence-electron chi connectivity index (χ1n) is 5.18. The van der Waals surface area contributed by atoms with Gasteiger partial charge in [0.15, 0.2) is 0 Å². The van der Waals surface area contributed by atoms with E-state index in [1.54, 1.807) is 12.1 Å². The van der Waals surface area contributed by atoms with Crippen LogP contribution in [0.1, 0.15) is 5.56 Å². The second kappa shape index (κ2) is 6.68. The third kappa shape index (κ3) is 3.79. The van der Waals surface area contributed by atoms with Crippen molar-refractivity contribution in [1.29, 1.82) is 0 Å². The summed E-state index contributed by atoms with van der Waals surface area (Å²) >= 11 is 24.8. The average Bonchev–Trinajstić information content (AvgIpc) is 2.36. The maximum atomic E-state index is 6.06. The topological polar surface area (TPSA) is 9.23 Å². The van der Waals surface area contributed by atoms with Crippen molar-refractivity contribution >= 4 is 66.7 Å². The quantitative estimate of drug-likeness (QED) is 0.362. The van der Waals surface area contributed by atoms with E-state index in [0.29, 0.717) is 26.6 Å². The molecule has 0 amide bonds. The summed E-state index contributed by atoms with van der Waals surface area (Å²) < 4.78 is 6.66. The van der Waals surface area contributed by atoms with Gasteiger partial charge in [-0.05, 0) is 23.8 Å². The van der Waals surface area contributed by atoms with Crippen molar-refractivity contribution in [2.75, 3.05) is 0 Å². The molecule has 1 nitrogen and oxygen atoms in total. The van der Waals surface area contributed by atoms with Gasteiger partial charge < -0.3 is 4.74 Å². The number of ether oxygens (including phenoxy) is 1. The molecule has 6 heteroatoms. The van der Waals surface area contributed by atoms with Gasteiger partial charge >= 0.3 is 0 Å². The van der Waals surface area contributed by atoms with E-state index < -0.39 is 0 Å². The minimum Gasteiger partial charge on any atom is -0.456 e. The Labute approximate surface area is 143 Å². The van der Waals surface area contributed by atoms with Crippen LogP contribution in [0.2, 0.25) is 15.1 Å². The second-order valence-corrected chi connectivity index (χ2v) is 6.32. The van der Waals surface area contributed by atoms with Gasteiger partial charge in [-0.2, -0.15) is 0 Å². The molecular weight excluding hydrogens is 438 g/mol. The summed E-state index contributed by atoms with van der Waals surface area (Å²) in [7, 11) is 0. The van der Waals surface area contributed by atoms with Gasteiger partial charge in [-0.1, -0.05) is 72.7 Å². The van der Waals surface area contributed by atoms with Crippen molar-refractivity contribution in [3.05, 3.63) is 55.4 Å². The molecule has 0 atom stereocenters. The lowest BCUT2D eigenvalue weighted by atomic mass is 10.2. The van der Waals surface area contributed by atoms with Crippen LogP contribution < -0.4 is 4.74 Å². The highest BCUT2D eigenvalue weighted by atomic mass is 79.9. The molecule has 0 saturated carbocycles. The van der Waals surface area contributed by atoms with Crippen molar-refractivity contribution in [3.63, 3.8) is 0 Å². The van der Waals surface area contributed by atoms with Gasteiger partial charge in [0.25, 0.3) is 0 Å². The molecule has 0 aromatic heterocycles. The van der Waals surface area contributed by atoms with Crippen LogP contribution in [-0.2, 0) is 5.33 Å². The minimum atomic E-state index is 0.398. The first-order valence-corrected chi connectivity index (χ1v) is 8.23. The SMILES string of the molecule is Clc1cc(Cl)c(Oc2ccc(CBr)c(Br)c2)cc1Cl. The molecule has 0 radical (unpaired) electrons. The molecule has 0 bridgehead atoms. The highest BCUT2D eigenvalue weighted by Gasteiger charge is 2.09. The van der Waals surface area contributed by atoms with Crippen molar-refractivity contribution in [1.82, 2.24) is 0 Å². The molecule has 2 aromatic carbocycles. The minimum absolute atomic E-state index is 0.398. The summed E-state index contributed by atoms with van der Waals surface area (Å²) in [6.07, 6.45) is 0. The van der Waals surface area contributed by atoms with Crippen molar-refractivity contribution in [2.24, 2.45) is 0 Å². The van der Waals surface area contributed by atoms with E-state index in [1.807, 2.05) is 18.2 Å². The Morgan fingerprint density at radius 2 is 1.63 bits per heavy atom. The highest BCUT2D eigenvalue weighted by molar-refractivity contribution is 9.10. The summed E-state index contributed by atoms with van der Waals surface area (Å²) in [6, 6.07) is 8.84. The van der Waals surface area contributed by atoms with Crippen molar-refractivity contribution < 1.29 is 4.74 Å². The van der Waals surface area contributed by atoms with Gasteiger partial charge in [0.2, 0.25) is 0 Å². The van der Waals surface area contributed by atoms with Gasteiger partial charge in [0, 0.05) is 15.9 Å². The molecule has 0 aliphatic carbocycles. The Kier molecular flexibility index (Phi) is 5.44. The van der Waals surface area contributed by atoms with Gasteiger partial charge in [-0.3, -0.25) is 0 Å². The smallest absolute Gasteiger partial charge is 0.147 e. The lowest BCUT2D eigenvalue weighted by Crippen LogP contribution is -1.88. The lowest BCUT2D eigenvalue weighted by molar-refractivity contribution is 0.482. The van der Waals surface area contributed by atoms with Crippen molar-refractivity contribution in [3.8, 4) is 11.5 Å². The first kappa shape index (κ1) is 15.5. The maximum Gasteiger partial charge on any atom is 0.147 e. The van der Waals surface area contributed by atoms with E-state index in [1.165, 1.54) is 0 Å². The molecule has 0 heterocycles. The first-order chi connectivity index (χ1) is 9.01. The largest absolute Gasteiger partial charge is 0.456 e. The summed E-state index contributed by atoms with van der Waals surface area (Å²) in [5.74, 6) is 1.13. The van der Waals surface area contributed by atoms with E-state index >= 15 is 0 Å². The standard InChI is InChI=1S/C13H7Br2Cl3O/c14-6-7-1-2-8(3-9(7)15)19-13-5-11(17)10(16)4-12(13)18/h1-5H,6H2. The number of rotatable bonds is 3. The van der Waals surface area contributed by atoms with E-state index in [0.717, 1.165) is 15.4 Å². The van der Waals surface area contributed by atoms with Crippen molar-refractivity contribution in [2.45, 2.75) is 5.33 Å². The number of alkyl halides is 1. The fourth-order valence-corrected chi connectivity index (χ4v) is 3.35. The molecule has 0 N–H and O–H groups in total. The number of hydrogen-bond donors (Lipinski definition) is 0. The fourth-order valence-electron chi connectivity index (χ4n) is 1.41. The van der Waals surface area contributed by atoms with Crippen LogP contribution in [-0.4, -0.2) is 0 Å². The summed E-state index contributed by atoms with van der Waals surface area (Å²) in [4.78, 5) is 0. The third-order valence-corrected chi connectivity index (χ3v) is 4.73. The molecule has 0 unspecified atom stereocenters. The van der Waals surface area contributed by atoms with Gasteiger partial charge in [-0.15, -0.1) is 0 Å². The predicted molar refractivity (Wildman–Crippen MR) is 88.3 cm³/mol. The van der Waals surface area contributed by atoms with E-state index in [2.05, 4.69) is 31.9 Å². The van der Waals surface area contributed by atoms with E-state index in [4.69, 9.17) is 39.5 Å². The summed E-state index contributed by atoms with van der Waals surface area (Å²) in [5, 5.41) is 1.98. The van der Waals surface area contributed by atoms with Gasteiger partial charge in [0.1, 0.15) is 11.5 Å². The zero-order valence-electron chi connectivity index (χ0n) is 9.39. The Bertz CT molecular complexity index is 617. The molecule has 0 saturated heterocycles. The molecular formula is C13H7Br2Cl3O. The Morgan fingerprint density at radius 3 is 2.26 bits per heavy atom. The van der Waals surface area contributed by atoms with Gasteiger partial charge in [0.05, 0.1) is 15.1 Å². The maximum absolute atomic E-state index is 6.06. The monoisotopic (exact) mass is 442 g/mol. The molecule has 19 heavy (non-hydrogen) atoms. The van der Waals surface area contributed by atoms with E-state index in [9.17, 15) is 0 Å². The number of hydrogen-bond acceptors (Lipinski definition) is 1. The highest BCUT2D eigenvalue weighted by Crippen LogP contribution is 2.37. The van der Waals surface area contributed by atoms with Crippen LogP contribution in [0.4, 0.5) is 0 Å².